The molecule has 3 aromatic carbocycles. The molecule has 0 saturated carbocycles. The molecule has 1 atom stereocenters. The van der Waals surface area contributed by atoms with Crippen LogP contribution in [0, 0.1) is 5.82 Å². The van der Waals surface area contributed by atoms with E-state index in [1.54, 1.807) is 12.1 Å². The van der Waals surface area contributed by atoms with Gasteiger partial charge >= 0.3 is 0 Å². The third kappa shape index (κ3) is 2.73. The summed E-state index contributed by atoms with van der Waals surface area (Å²) in [7, 11) is 0. The van der Waals surface area contributed by atoms with Crippen LogP contribution < -0.4 is 4.74 Å². The van der Waals surface area contributed by atoms with Crippen LogP contribution >= 0.6 is 0 Å². The van der Waals surface area contributed by atoms with Crippen LogP contribution in [0.5, 0.6) is 11.5 Å². The molecular weight excluding hydrogens is 267 g/mol. The largest absolute Gasteiger partial charge is 0.457 e. The van der Waals surface area contributed by atoms with E-state index < -0.39 is 11.9 Å². The van der Waals surface area contributed by atoms with Crippen LogP contribution in [-0.4, -0.2) is 5.11 Å². The number of aliphatic hydroxyl groups excluding tert-OH is 1. The van der Waals surface area contributed by atoms with Crippen molar-refractivity contribution in [2.24, 2.45) is 0 Å². The summed E-state index contributed by atoms with van der Waals surface area (Å²) in [6.45, 7) is 1.52. The Morgan fingerprint density at radius 1 is 0.952 bits per heavy atom. The number of hydrogen-bond donors (Lipinski definition) is 1. The Labute approximate surface area is 122 Å². The first-order valence-electron chi connectivity index (χ1n) is 6.78. The van der Waals surface area contributed by atoms with E-state index in [1.807, 2.05) is 42.5 Å². The van der Waals surface area contributed by atoms with Crippen LogP contribution in [0.1, 0.15) is 18.6 Å². The number of benzene rings is 3. The first-order chi connectivity index (χ1) is 10.1. The van der Waals surface area contributed by atoms with Gasteiger partial charge in [-0.1, -0.05) is 36.4 Å². The number of hydrogen-bond acceptors (Lipinski definition) is 2. The van der Waals surface area contributed by atoms with E-state index in [2.05, 4.69) is 0 Å². The molecular formula is C18H15FO2. The Morgan fingerprint density at radius 3 is 2.48 bits per heavy atom. The fraction of sp³-hybridized carbons (Fsp3) is 0.111. The third-order valence-electron chi connectivity index (χ3n) is 3.38. The van der Waals surface area contributed by atoms with E-state index in [0.717, 1.165) is 10.8 Å². The molecule has 3 rings (SSSR count). The van der Waals surface area contributed by atoms with Gasteiger partial charge in [0, 0.05) is 0 Å². The van der Waals surface area contributed by atoms with Crippen molar-refractivity contribution < 1.29 is 14.2 Å². The SMILES string of the molecule is C[C@@H](O)c1c(F)cccc1Oc1ccc2ccccc2c1. The molecule has 0 spiro atoms. The second-order valence-corrected chi connectivity index (χ2v) is 4.94. The third-order valence-corrected chi connectivity index (χ3v) is 3.38. The monoisotopic (exact) mass is 282 g/mol. The summed E-state index contributed by atoms with van der Waals surface area (Å²) in [6, 6.07) is 18.1. The van der Waals surface area contributed by atoms with Gasteiger partial charge in [0.05, 0.1) is 11.7 Å². The minimum atomic E-state index is -0.929. The van der Waals surface area contributed by atoms with Gasteiger partial charge < -0.3 is 9.84 Å². The number of aliphatic hydroxyl groups is 1. The van der Waals surface area contributed by atoms with Gasteiger partial charge in [-0.25, -0.2) is 4.39 Å². The van der Waals surface area contributed by atoms with Crippen LogP contribution in [0.25, 0.3) is 10.8 Å². The maximum Gasteiger partial charge on any atom is 0.136 e. The fourth-order valence-electron chi connectivity index (χ4n) is 2.37. The van der Waals surface area contributed by atoms with E-state index in [0.29, 0.717) is 11.5 Å². The van der Waals surface area contributed by atoms with Gasteiger partial charge in [-0.15, -0.1) is 0 Å². The maximum absolute atomic E-state index is 13.8. The van der Waals surface area contributed by atoms with E-state index >= 15 is 0 Å². The Hall–Kier alpha value is -2.39. The summed E-state index contributed by atoms with van der Waals surface area (Å²) in [5.41, 5.74) is 0.172. The predicted molar refractivity (Wildman–Crippen MR) is 81.1 cm³/mol. The molecule has 0 aliphatic rings. The summed E-state index contributed by atoms with van der Waals surface area (Å²) in [5.74, 6) is 0.477. The van der Waals surface area contributed by atoms with Crippen LogP contribution in [-0.2, 0) is 0 Å². The van der Waals surface area contributed by atoms with Crippen LogP contribution in [0.2, 0.25) is 0 Å². The number of halogens is 1. The summed E-state index contributed by atoms with van der Waals surface area (Å²) in [4.78, 5) is 0. The van der Waals surface area contributed by atoms with Crippen molar-refractivity contribution in [3.63, 3.8) is 0 Å². The van der Waals surface area contributed by atoms with E-state index in [-0.39, 0.29) is 5.56 Å². The van der Waals surface area contributed by atoms with Gasteiger partial charge in [0.1, 0.15) is 17.3 Å². The van der Waals surface area contributed by atoms with Crippen molar-refractivity contribution in [3.05, 3.63) is 72.0 Å². The van der Waals surface area contributed by atoms with Crippen LogP contribution in [0.15, 0.2) is 60.7 Å². The molecule has 21 heavy (non-hydrogen) atoms. The number of ether oxygens (including phenoxy) is 1. The lowest BCUT2D eigenvalue weighted by molar-refractivity contribution is 0.190. The zero-order valence-corrected chi connectivity index (χ0v) is 11.6. The van der Waals surface area contributed by atoms with Crippen LogP contribution in [0.4, 0.5) is 4.39 Å². The quantitative estimate of drug-likeness (QED) is 0.746. The average molecular weight is 282 g/mol. The molecule has 0 unspecified atom stereocenters. The minimum absolute atomic E-state index is 0.172. The maximum atomic E-state index is 13.8. The van der Waals surface area contributed by atoms with E-state index in [4.69, 9.17) is 4.74 Å². The van der Waals surface area contributed by atoms with Crippen molar-refractivity contribution >= 4 is 10.8 Å². The lowest BCUT2D eigenvalue weighted by Gasteiger charge is -2.14. The molecule has 2 nitrogen and oxygen atoms in total. The summed E-state index contributed by atoms with van der Waals surface area (Å²) in [6.07, 6.45) is -0.929. The molecule has 0 radical (unpaired) electrons. The first-order valence-corrected chi connectivity index (χ1v) is 6.78. The molecule has 1 N–H and O–H groups in total. The average Bonchev–Trinajstić information content (AvgIpc) is 2.47. The molecule has 0 aliphatic heterocycles. The standard InChI is InChI=1S/C18H15FO2/c1-12(20)18-16(19)7-4-8-17(18)21-15-10-9-13-5-2-3-6-14(13)11-15/h2-12,20H,1H3/t12-/m1/s1. The van der Waals surface area contributed by atoms with E-state index in [9.17, 15) is 9.50 Å². The van der Waals surface area contributed by atoms with Crippen molar-refractivity contribution in [1.82, 2.24) is 0 Å². The lowest BCUT2D eigenvalue weighted by Crippen LogP contribution is -1.99. The van der Waals surface area contributed by atoms with Crippen molar-refractivity contribution in [2.75, 3.05) is 0 Å². The molecule has 0 heterocycles. The second-order valence-electron chi connectivity index (χ2n) is 4.94. The van der Waals surface area contributed by atoms with E-state index in [1.165, 1.54) is 13.0 Å². The summed E-state index contributed by atoms with van der Waals surface area (Å²) in [5, 5.41) is 11.9. The summed E-state index contributed by atoms with van der Waals surface area (Å²) >= 11 is 0. The summed E-state index contributed by atoms with van der Waals surface area (Å²) < 4.78 is 19.6. The van der Waals surface area contributed by atoms with Gasteiger partial charge in [0.25, 0.3) is 0 Å². The Morgan fingerprint density at radius 2 is 1.71 bits per heavy atom. The van der Waals surface area contributed by atoms with Crippen LogP contribution in [0.3, 0.4) is 0 Å². The van der Waals surface area contributed by atoms with Gasteiger partial charge in [0.15, 0.2) is 0 Å². The van der Waals surface area contributed by atoms with Crippen molar-refractivity contribution in [3.8, 4) is 11.5 Å². The molecule has 106 valence electrons. The molecule has 0 aromatic heterocycles. The highest BCUT2D eigenvalue weighted by atomic mass is 19.1. The highest BCUT2D eigenvalue weighted by molar-refractivity contribution is 5.83. The zero-order valence-electron chi connectivity index (χ0n) is 11.6. The van der Waals surface area contributed by atoms with Crippen molar-refractivity contribution in [1.29, 1.82) is 0 Å². The van der Waals surface area contributed by atoms with Gasteiger partial charge in [-0.05, 0) is 42.0 Å². The Kier molecular flexibility index (Phi) is 3.59. The predicted octanol–water partition coefficient (Wildman–Crippen LogP) is 4.82. The molecule has 0 bridgehead atoms. The lowest BCUT2D eigenvalue weighted by atomic mass is 10.1. The second kappa shape index (κ2) is 5.54. The zero-order chi connectivity index (χ0) is 14.8. The highest BCUT2D eigenvalue weighted by Gasteiger charge is 2.15. The van der Waals surface area contributed by atoms with Gasteiger partial charge in [0.2, 0.25) is 0 Å². The molecule has 0 saturated heterocycles. The number of rotatable bonds is 3. The minimum Gasteiger partial charge on any atom is -0.457 e. The van der Waals surface area contributed by atoms with Gasteiger partial charge in [-0.3, -0.25) is 0 Å². The highest BCUT2D eigenvalue weighted by Crippen LogP contribution is 2.32. The van der Waals surface area contributed by atoms with Gasteiger partial charge in [-0.2, -0.15) is 0 Å². The molecule has 0 aliphatic carbocycles. The fourth-order valence-corrected chi connectivity index (χ4v) is 2.37. The smallest absolute Gasteiger partial charge is 0.136 e. The molecule has 0 amide bonds. The molecule has 0 fully saturated rings. The Balaban J connectivity index is 2.00. The first kappa shape index (κ1) is 13.6. The molecule has 3 heteroatoms. The number of fused-ring (bicyclic) bond motifs is 1. The molecule has 3 aromatic rings. The normalized spacial score (nSPS) is 12.3. The topological polar surface area (TPSA) is 29.5 Å². The Bertz CT molecular complexity index is 781. The van der Waals surface area contributed by atoms with Crippen molar-refractivity contribution in [2.45, 2.75) is 13.0 Å².